The second-order valence-corrected chi connectivity index (χ2v) is 19.3. The average molecular weight is 815 g/mol. The zero-order chi connectivity index (χ0) is 39.6. The van der Waals surface area contributed by atoms with Gasteiger partial charge in [-0.3, -0.25) is 0 Å². The molecule has 0 radical (unpaired) electrons. The van der Waals surface area contributed by atoms with Crippen molar-refractivity contribution in [1.82, 2.24) is 0 Å². The molecule has 6 aliphatic heterocycles. The van der Waals surface area contributed by atoms with E-state index in [1.807, 2.05) is 102 Å². The van der Waals surface area contributed by atoms with Gasteiger partial charge in [-0.25, -0.2) is 0 Å². The summed E-state index contributed by atoms with van der Waals surface area (Å²) in [6.07, 6.45) is 5.91. The Hall–Kier alpha value is -3.69. The molecule has 0 amide bonds. The molecule has 3 aromatic carbocycles. The summed E-state index contributed by atoms with van der Waals surface area (Å²) in [5.74, 6) is -1.38. The molecule has 0 atom stereocenters. The van der Waals surface area contributed by atoms with Gasteiger partial charge in [0.05, 0.1) is 37.3 Å². The molecule has 0 aliphatic carbocycles. The third-order valence-electron chi connectivity index (χ3n) is 9.60. The fraction of sp³-hybridized carbons (Fsp3) is 0.550. The van der Waals surface area contributed by atoms with Crippen LogP contribution in [0.15, 0.2) is 14.7 Å². The summed E-state index contributed by atoms with van der Waals surface area (Å²) in [5.41, 5.74) is 1.72. The lowest BCUT2D eigenvalue weighted by Crippen LogP contribution is -2.32. The summed E-state index contributed by atoms with van der Waals surface area (Å²) in [7, 11) is 0. The summed E-state index contributed by atoms with van der Waals surface area (Å²) < 4.78 is 80.9. The lowest BCUT2D eigenvalue weighted by Gasteiger charge is -2.28. The molecule has 0 aromatic heterocycles. The summed E-state index contributed by atoms with van der Waals surface area (Å²) in [6.45, 7) is 22.5. The van der Waals surface area contributed by atoms with E-state index in [-0.39, 0.29) is 0 Å². The zero-order valence-corrected chi connectivity index (χ0v) is 36.2. The highest BCUT2D eigenvalue weighted by atomic mass is 32.2. The maximum absolute atomic E-state index is 6.85. The van der Waals surface area contributed by atoms with Crippen LogP contribution < -0.4 is 56.8 Å². The number of thioether (sulfide) groups is 3. The third kappa shape index (κ3) is 5.49. The van der Waals surface area contributed by atoms with Crippen LogP contribution in [-0.2, 0) is 0 Å². The maximum atomic E-state index is 6.85. The largest absolute Gasteiger partial charge is 0.449 e. The van der Waals surface area contributed by atoms with Crippen LogP contribution in [0, 0.1) is 0 Å². The molecule has 0 fully saturated rings. The van der Waals surface area contributed by atoms with E-state index >= 15 is 0 Å². The fourth-order valence-corrected chi connectivity index (χ4v) is 9.90. The normalized spacial score (nSPS) is 21.8. The number of benzene rings is 3. The van der Waals surface area contributed by atoms with Gasteiger partial charge >= 0.3 is 0 Å². The summed E-state index contributed by atoms with van der Waals surface area (Å²) in [6, 6.07) is 0. The lowest BCUT2D eigenvalue weighted by molar-refractivity contribution is -0.0510. The monoisotopic (exact) mass is 814 g/mol. The van der Waals surface area contributed by atoms with Gasteiger partial charge in [-0.05, 0) is 18.8 Å². The SMILES string of the molecule is CSc1c2c(c(C(c3c4c(c(SC)c5c3OC(C)(C)O5)OC(C)(C)O4)c3c4c(c(SC)c5c3OC(C)(C)O5)OC(C)(C)O4)c3c1OC(C)(C)O3)OC(C)(C)O2. The highest BCUT2D eigenvalue weighted by molar-refractivity contribution is 7.99. The standard InChI is InChI=1S/C40H46O12S3/c1-35(2)41-20-17(21-27(48-36(3,4)42-21)32(53-13)26(20)47-35)16(18-22-28(49-37(5,6)43-22)33(54-14)29-23(18)44-38(7,8)50-29)19-24-30(51-39(9,10)45-24)34(55-15)31-25(19)46-40(11,12)52-31/h16H,1-15H3. The predicted molar refractivity (Wildman–Crippen MR) is 208 cm³/mol. The quantitative estimate of drug-likeness (QED) is 0.174. The van der Waals surface area contributed by atoms with Gasteiger partial charge in [0.15, 0.2) is 69.0 Å². The first-order valence-corrected chi connectivity index (χ1v) is 21.8. The van der Waals surface area contributed by atoms with Crippen molar-refractivity contribution >= 4 is 35.3 Å². The highest BCUT2D eigenvalue weighted by Crippen LogP contribution is 2.71. The van der Waals surface area contributed by atoms with Crippen LogP contribution >= 0.6 is 35.3 Å². The lowest BCUT2D eigenvalue weighted by atomic mass is 9.81. The number of hydrogen-bond acceptors (Lipinski definition) is 15. The molecule has 6 heterocycles. The minimum absolute atomic E-state index is 0.458. The molecule has 55 heavy (non-hydrogen) atoms. The maximum Gasteiger partial charge on any atom is 0.246 e. The molecule has 296 valence electrons. The summed E-state index contributed by atoms with van der Waals surface area (Å²) in [5, 5.41) is 0. The zero-order valence-electron chi connectivity index (χ0n) is 33.7. The van der Waals surface area contributed by atoms with Gasteiger partial charge < -0.3 is 56.8 Å². The molecule has 15 heteroatoms. The Kier molecular flexibility index (Phi) is 7.55. The van der Waals surface area contributed by atoms with E-state index in [0.29, 0.717) is 85.7 Å². The Morgan fingerprint density at radius 1 is 0.273 bits per heavy atom. The van der Waals surface area contributed by atoms with Crippen molar-refractivity contribution in [2.24, 2.45) is 0 Å². The molecule has 0 saturated heterocycles. The van der Waals surface area contributed by atoms with E-state index in [1.54, 1.807) is 0 Å². The van der Waals surface area contributed by atoms with E-state index in [0.717, 1.165) is 14.7 Å². The second-order valence-electron chi connectivity index (χ2n) is 16.8. The minimum atomic E-state index is -1.05. The van der Waals surface area contributed by atoms with E-state index in [4.69, 9.17) is 56.8 Å². The van der Waals surface area contributed by atoms with Crippen molar-refractivity contribution in [3.8, 4) is 69.0 Å². The van der Waals surface area contributed by atoms with Gasteiger partial charge in [0, 0.05) is 83.1 Å². The molecule has 3 aromatic rings. The third-order valence-corrected chi connectivity index (χ3v) is 11.9. The predicted octanol–water partition coefficient (Wildman–Crippen LogP) is 10.1. The molecule has 0 unspecified atom stereocenters. The highest BCUT2D eigenvalue weighted by Gasteiger charge is 2.56. The van der Waals surface area contributed by atoms with Gasteiger partial charge in [0.25, 0.3) is 0 Å². The van der Waals surface area contributed by atoms with E-state index in [9.17, 15) is 0 Å². The van der Waals surface area contributed by atoms with Crippen LogP contribution in [-0.4, -0.2) is 53.5 Å². The Bertz CT molecular complexity index is 1840. The van der Waals surface area contributed by atoms with E-state index in [1.165, 1.54) is 35.3 Å². The first-order valence-electron chi connectivity index (χ1n) is 18.1. The van der Waals surface area contributed by atoms with Crippen molar-refractivity contribution in [1.29, 1.82) is 0 Å². The van der Waals surface area contributed by atoms with Crippen molar-refractivity contribution in [3.63, 3.8) is 0 Å². The summed E-state index contributed by atoms with van der Waals surface area (Å²) >= 11 is 4.46. The Labute approximate surface area is 333 Å². The van der Waals surface area contributed by atoms with Crippen LogP contribution in [0.3, 0.4) is 0 Å². The van der Waals surface area contributed by atoms with Crippen molar-refractivity contribution in [2.75, 3.05) is 18.8 Å². The Balaban J connectivity index is 1.50. The molecule has 0 bridgehead atoms. The molecular formula is C40H46O12S3. The molecule has 12 nitrogen and oxygen atoms in total. The van der Waals surface area contributed by atoms with Crippen LogP contribution in [0.4, 0.5) is 0 Å². The van der Waals surface area contributed by atoms with E-state index in [2.05, 4.69) is 0 Å². The van der Waals surface area contributed by atoms with Crippen molar-refractivity contribution in [2.45, 2.75) is 138 Å². The molecule has 0 N–H and O–H groups in total. The average Bonchev–Trinajstić information content (AvgIpc) is 3.85. The first kappa shape index (κ1) is 36.9. The molecule has 0 spiro atoms. The second kappa shape index (κ2) is 11.2. The van der Waals surface area contributed by atoms with Crippen molar-refractivity contribution in [3.05, 3.63) is 16.7 Å². The summed E-state index contributed by atoms with van der Waals surface area (Å²) in [4.78, 5) is 2.23. The first-order chi connectivity index (χ1) is 25.5. The Morgan fingerprint density at radius 3 is 0.564 bits per heavy atom. The van der Waals surface area contributed by atoms with Gasteiger partial charge in [-0.2, -0.15) is 0 Å². The molecule has 0 saturated carbocycles. The fourth-order valence-electron chi connectivity index (χ4n) is 7.99. The molecule has 6 aliphatic rings. The number of ether oxygens (including phenoxy) is 12. The van der Waals surface area contributed by atoms with Crippen LogP contribution in [0.2, 0.25) is 0 Å². The van der Waals surface area contributed by atoms with Gasteiger partial charge in [-0.1, -0.05) is 0 Å². The Morgan fingerprint density at radius 2 is 0.418 bits per heavy atom. The number of fused-ring (bicyclic) bond motifs is 6. The number of hydrogen-bond donors (Lipinski definition) is 0. The van der Waals surface area contributed by atoms with Gasteiger partial charge in [-0.15, -0.1) is 35.3 Å². The van der Waals surface area contributed by atoms with E-state index < -0.39 is 40.6 Å². The van der Waals surface area contributed by atoms with Crippen LogP contribution in [0.25, 0.3) is 0 Å². The van der Waals surface area contributed by atoms with Crippen LogP contribution in [0.1, 0.15) is 106 Å². The number of rotatable bonds is 6. The molecular weight excluding hydrogens is 769 g/mol. The molecule has 9 rings (SSSR count). The van der Waals surface area contributed by atoms with Crippen molar-refractivity contribution < 1.29 is 56.8 Å². The van der Waals surface area contributed by atoms with Crippen LogP contribution in [0.5, 0.6) is 69.0 Å². The smallest absolute Gasteiger partial charge is 0.246 e. The van der Waals surface area contributed by atoms with Gasteiger partial charge in [0.1, 0.15) is 0 Å². The minimum Gasteiger partial charge on any atom is -0.449 e. The topological polar surface area (TPSA) is 111 Å². The van der Waals surface area contributed by atoms with Gasteiger partial charge in [0.2, 0.25) is 34.7 Å².